The van der Waals surface area contributed by atoms with Gasteiger partial charge in [-0.15, -0.1) is 0 Å². The van der Waals surface area contributed by atoms with Gasteiger partial charge in [0, 0.05) is 31.5 Å². The first kappa shape index (κ1) is 22.0. The van der Waals surface area contributed by atoms with Gasteiger partial charge in [0.2, 0.25) is 11.8 Å². The van der Waals surface area contributed by atoms with Gasteiger partial charge in [0.25, 0.3) is 0 Å². The molecule has 0 aromatic heterocycles. The minimum atomic E-state index is -0.558. The predicted octanol–water partition coefficient (Wildman–Crippen LogP) is 4.61. The zero-order valence-corrected chi connectivity index (χ0v) is 17.4. The van der Waals surface area contributed by atoms with Gasteiger partial charge in [0.05, 0.1) is 0 Å². The van der Waals surface area contributed by atoms with Crippen molar-refractivity contribution in [1.29, 1.82) is 0 Å². The summed E-state index contributed by atoms with van der Waals surface area (Å²) in [6.45, 7) is 4.64. The standard InChI is InChI=1S/C23H29ClN2O2/c1-3-4-8-15-25-23(28)22(16-19-9-6-5-7-10-19)26(18(2)27)17-20-11-13-21(24)14-12-20/h5-7,9-14,22H,3-4,8,15-17H2,1-2H3,(H,25,28)/t22-/m1/s1. The Bertz CT molecular complexity index is 747. The highest BCUT2D eigenvalue weighted by Gasteiger charge is 2.28. The van der Waals surface area contributed by atoms with E-state index in [0.717, 1.165) is 30.4 Å². The van der Waals surface area contributed by atoms with E-state index in [-0.39, 0.29) is 11.8 Å². The molecule has 0 bridgehead atoms. The second-order valence-corrected chi connectivity index (χ2v) is 7.41. The highest BCUT2D eigenvalue weighted by molar-refractivity contribution is 6.30. The van der Waals surface area contributed by atoms with Crippen LogP contribution in [0.4, 0.5) is 0 Å². The number of halogens is 1. The molecule has 150 valence electrons. The molecule has 5 heteroatoms. The number of carbonyl (C=O) groups excluding carboxylic acids is 2. The molecule has 2 amide bonds. The smallest absolute Gasteiger partial charge is 0.243 e. The van der Waals surface area contributed by atoms with E-state index < -0.39 is 6.04 Å². The van der Waals surface area contributed by atoms with Gasteiger partial charge in [0.15, 0.2) is 0 Å². The van der Waals surface area contributed by atoms with E-state index in [1.165, 1.54) is 6.92 Å². The molecule has 0 radical (unpaired) electrons. The fourth-order valence-corrected chi connectivity index (χ4v) is 3.24. The van der Waals surface area contributed by atoms with Gasteiger partial charge < -0.3 is 10.2 Å². The summed E-state index contributed by atoms with van der Waals surface area (Å²) in [6, 6.07) is 16.6. The van der Waals surface area contributed by atoms with Crippen molar-refractivity contribution in [2.75, 3.05) is 6.54 Å². The summed E-state index contributed by atoms with van der Waals surface area (Å²) in [5, 5.41) is 3.66. The minimum absolute atomic E-state index is 0.107. The maximum Gasteiger partial charge on any atom is 0.243 e. The van der Waals surface area contributed by atoms with Crippen LogP contribution in [0.5, 0.6) is 0 Å². The number of nitrogens with zero attached hydrogens (tertiary/aromatic N) is 1. The number of amides is 2. The number of nitrogens with one attached hydrogen (secondary N) is 1. The third kappa shape index (κ3) is 7.01. The highest BCUT2D eigenvalue weighted by atomic mass is 35.5. The van der Waals surface area contributed by atoms with Crippen molar-refractivity contribution in [2.24, 2.45) is 0 Å². The molecule has 0 fully saturated rings. The maximum absolute atomic E-state index is 13.0. The molecule has 2 aromatic carbocycles. The molecule has 0 saturated heterocycles. The SMILES string of the molecule is CCCCCNC(=O)[C@@H](Cc1ccccc1)N(Cc1ccc(Cl)cc1)C(C)=O. The van der Waals surface area contributed by atoms with Gasteiger partial charge in [-0.2, -0.15) is 0 Å². The molecule has 0 aliphatic heterocycles. The Balaban J connectivity index is 2.20. The third-order valence-electron chi connectivity index (χ3n) is 4.70. The fraction of sp³-hybridized carbons (Fsp3) is 0.391. The molecule has 0 saturated carbocycles. The van der Waals surface area contributed by atoms with Crippen LogP contribution in [0.2, 0.25) is 5.02 Å². The highest BCUT2D eigenvalue weighted by Crippen LogP contribution is 2.16. The van der Waals surface area contributed by atoms with E-state index in [9.17, 15) is 9.59 Å². The molecule has 0 heterocycles. The molecule has 2 aromatic rings. The van der Waals surface area contributed by atoms with Crippen molar-refractivity contribution < 1.29 is 9.59 Å². The lowest BCUT2D eigenvalue weighted by molar-refractivity contribution is -0.139. The molecule has 0 spiro atoms. The monoisotopic (exact) mass is 400 g/mol. The molecule has 4 nitrogen and oxygen atoms in total. The van der Waals surface area contributed by atoms with Crippen LogP contribution in [-0.4, -0.2) is 29.3 Å². The fourth-order valence-electron chi connectivity index (χ4n) is 3.11. The van der Waals surface area contributed by atoms with Crippen molar-refractivity contribution in [3.8, 4) is 0 Å². The van der Waals surface area contributed by atoms with Gasteiger partial charge in [-0.25, -0.2) is 0 Å². The van der Waals surface area contributed by atoms with Gasteiger partial charge in [-0.05, 0) is 29.7 Å². The Kier molecular flexibility index (Phi) is 9.02. The maximum atomic E-state index is 13.0. The summed E-state index contributed by atoms with van der Waals surface area (Å²) in [5.74, 6) is -0.233. The van der Waals surface area contributed by atoms with Crippen LogP contribution >= 0.6 is 11.6 Å². The van der Waals surface area contributed by atoms with Crippen molar-refractivity contribution >= 4 is 23.4 Å². The Labute approximate surface area is 172 Å². The molecular formula is C23H29ClN2O2. The van der Waals surface area contributed by atoms with Gasteiger partial charge in [-0.1, -0.05) is 73.8 Å². The third-order valence-corrected chi connectivity index (χ3v) is 4.95. The Hall–Kier alpha value is -2.33. The summed E-state index contributed by atoms with van der Waals surface area (Å²) in [4.78, 5) is 27.1. The van der Waals surface area contributed by atoms with Crippen molar-refractivity contribution in [3.05, 3.63) is 70.7 Å². The first-order chi connectivity index (χ1) is 13.5. The van der Waals surface area contributed by atoms with Crippen LogP contribution in [0.1, 0.15) is 44.2 Å². The van der Waals surface area contributed by atoms with E-state index >= 15 is 0 Å². The summed E-state index contributed by atoms with van der Waals surface area (Å²) in [7, 11) is 0. The van der Waals surface area contributed by atoms with E-state index in [1.54, 1.807) is 17.0 Å². The quantitative estimate of drug-likeness (QED) is 0.592. The number of carbonyl (C=O) groups is 2. The van der Waals surface area contributed by atoms with Crippen LogP contribution in [0.3, 0.4) is 0 Å². The predicted molar refractivity (Wildman–Crippen MR) is 114 cm³/mol. The van der Waals surface area contributed by atoms with Crippen LogP contribution in [-0.2, 0) is 22.6 Å². The Morgan fingerprint density at radius 1 is 1.00 bits per heavy atom. The van der Waals surface area contributed by atoms with E-state index in [2.05, 4.69) is 12.2 Å². The van der Waals surface area contributed by atoms with E-state index in [4.69, 9.17) is 11.6 Å². The molecule has 28 heavy (non-hydrogen) atoms. The number of unbranched alkanes of at least 4 members (excludes halogenated alkanes) is 2. The Morgan fingerprint density at radius 2 is 1.68 bits per heavy atom. The lowest BCUT2D eigenvalue weighted by atomic mass is 10.0. The summed E-state index contributed by atoms with van der Waals surface area (Å²) in [5.41, 5.74) is 1.97. The van der Waals surface area contributed by atoms with E-state index in [0.29, 0.717) is 24.5 Å². The number of hydrogen-bond donors (Lipinski definition) is 1. The average molecular weight is 401 g/mol. The first-order valence-corrected chi connectivity index (χ1v) is 10.2. The molecule has 1 N–H and O–H groups in total. The lowest BCUT2D eigenvalue weighted by Gasteiger charge is -2.30. The van der Waals surface area contributed by atoms with Crippen LogP contribution in [0.15, 0.2) is 54.6 Å². The lowest BCUT2D eigenvalue weighted by Crippen LogP contribution is -2.50. The normalized spacial score (nSPS) is 11.7. The minimum Gasteiger partial charge on any atom is -0.354 e. The van der Waals surface area contributed by atoms with Crippen LogP contribution in [0, 0.1) is 0 Å². The van der Waals surface area contributed by atoms with Gasteiger partial charge in [-0.3, -0.25) is 9.59 Å². The summed E-state index contributed by atoms with van der Waals surface area (Å²) < 4.78 is 0. The number of benzene rings is 2. The van der Waals surface area contributed by atoms with Gasteiger partial charge in [0.1, 0.15) is 6.04 Å². The van der Waals surface area contributed by atoms with Crippen molar-refractivity contribution in [2.45, 2.75) is 52.1 Å². The second-order valence-electron chi connectivity index (χ2n) is 6.98. The topological polar surface area (TPSA) is 49.4 Å². The number of rotatable bonds is 10. The first-order valence-electron chi connectivity index (χ1n) is 9.84. The van der Waals surface area contributed by atoms with Crippen LogP contribution in [0.25, 0.3) is 0 Å². The molecule has 2 rings (SSSR count). The zero-order chi connectivity index (χ0) is 20.4. The summed E-state index contributed by atoms with van der Waals surface area (Å²) >= 11 is 5.97. The van der Waals surface area contributed by atoms with Crippen molar-refractivity contribution in [1.82, 2.24) is 10.2 Å². The molecular weight excluding hydrogens is 372 g/mol. The van der Waals surface area contributed by atoms with Crippen LogP contribution < -0.4 is 5.32 Å². The molecule has 0 aliphatic rings. The second kappa shape index (κ2) is 11.5. The Morgan fingerprint density at radius 3 is 2.29 bits per heavy atom. The molecule has 0 unspecified atom stereocenters. The molecule has 0 aliphatic carbocycles. The van der Waals surface area contributed by atoms with Gasteiger partial charge >= 0.3 is 0 Å². The zero-order valence-electron chi connectivity index (χ0n) is 16.7. The largest absolute Gasteiger partial charge is 0.354 e. The average Bonchev–Trinajstić information content (AvgIpc) is 2.70. The summed E-state index contributed by atoms with van der Waals surface area (Å²) in [6.07, 6.45) is 3.59. The van der Waals surface area contributed by atoms with Crippen molar-refractivity contribution in [3.63, 3.8) is 0 Å². The van der Waals surface area contributed by atoms with E-state index in [1.807, 2.05) is 42.5 Å². The molecule has 1 atom stereocenters. The number of hydrogen-bond acceptors (Lipinski definition) is 2.